The van der Waals surface area contributed by atoms with E-state index in [2.05, 4.69) is 60.0 Å². The molecule has 5 nitrogen and oxygen atoms in total. The van der Waals surface area contributed by atoms with Crippen LogP contribution in [0.1, 0.15) is 47.6 Å². The number of hydrogen-bond donors (Lipinski definition) is 0. The van der Waals surface area contributed by atoms with E-state index >= 15 is 0 Å². The first-order chi connectivity index (χ1) is 16.3. The monoisotopic (exact) mass is 464 g/mol. The SMILES string of the molecule is CC(=O)N1CCN(c2ccc([C@H]3CN(C4CCc5cccc(F)c54)C[C@@H]3N(C)C)cc2C)CC1. The van der Waals surface area contributed by atoms with Crippen LogP contribution in [0, 0.1) is 12.7 Å². The van der Waals surface area contributed by atoms with Gasteiger partial charge < -0.3 is 14.7 Å². The fourth-order valence-corrected chi connectivity index (χ4v) is 6.42. The number of halogens is 1. The molecular formula is C28H37FN4O. The Hall–Kier alpha value is -2.44. The van der Waals surface area contributed by atoms with Crippen LogP contribution >= 0.6 is 0 Å². The van der Waals surface area contributed by atoms with Crippen LogP contribution in [0.25, 0.3) is 0 Å². The molecule has 0 spiro atoms. The van der Waals surface area contributed by atoms with Gasteiger partial charge in [0.25, 0.3) is 0 Å². The van der Waals surface area contributed by atoms with E-state index < -0.39 is 0 Å². The molecule has 182 valence electrons. The quantitative estimate of drug-likeness (QED) is 0.688. The number of anilines is 1. The molecule has 34 heavy (non-hydrogen) atoms. The van der Waals surface area contributed by atoms with E-state index in [0.29, 0.717) is 12.0 Å². The molecule has 2 aliphatic heterocycles. The minimum absolute atomic E-state index is 0.0464. The summed E-state index contributed by atoms with van der Waals surface area (Å²) in [5.74, 6) is 0.514. The summed E-state index contributed by atoms with van der Waals surface area (Å²) in [6.45, 7) is 9.11. The Balaban J connectivity index is 1.35. The summed E-state index contributed by atoms with van der Waals surface area (Å²) in [5, 5.41) is 0. The molecule has 2 aromatic carbocycles. The maximum absolute atomic E-state index is 14.7. The standard InChI is InChI=1S/C28H37FN4O/c1-19-16-22(9-10-25(19)32-14-12-31(13-15-32)20(2)34)23-17-33(18-27(23)30(3)4)26-11-8-21-6-5-7-24(29)28(21)26/h5-7,9-10,16,23,26-27H,8,11-15,17-18H2,1-4H3/t23-,26?,27+/m1/s1. The number of fused-ring (bicyclic) bond motifs is 1. The first kappa shape index (κ1) is 23.3. The van der Waals surface area contributed by atoms with Gasteiger partial charge >= 0.3 is 0 Å². The Kier molecular flexibility index (Phi) is 6.38. The molecule has 0 N–H and O–H groups in total. The normalized spacial score (nSPS) is 25.3. The maximum Gasteiger partial charge on any atom is 0.219 e. The highest BCUT2D eigenvalue weighted by Crippen LogP contribution is 2.43. The number of benzene rings is 2. The van der Waals surface area contributed by atoms with E-state index in [9.17, 15) is 9.18 Å². The molecule has 2 heterocycles. The van der Waals surface area contributed by atoms with Gasteiger partial charge in [0.05, 0.1) is 0 Å². The molecule has 3 aliphatic rings. The lowest BCUT2D eigenvalue weighted by atomic mass is 9.92. The molecule has 0 saturated carbocycles. The van der Waals surface area contributed by atoms with Gasteiger partial charge in [-0.2, -0.15) is 0 Å². The first-order valence-corrected chi connectivity index (χ1v) is 12.6. The molecule has 6 heteroatoms. The summed E-state index contributed by atoms with van der Waals surface area (Å²) < 4.78 is 14.7. The number of likely N-dealkylation sites (tertiary alicyclic amines) is 1. The van der Waals surface area contributed by atoms with Crippen LogP contribution in [-0.4, -0.2) is 80.0 Å². The van der Waals surface area contributed by atoms with Crippen molar-refractivity contribution in [1.82, 2.24) is 14.7 Å². The minimum Gasteiger partial charge on any atom is -0.368 e. The lowest BCUT2D eigenvalue weighted by Crippen LogP contribution is -2.48. The van der Waals surface area contributed by atoms with Gasteiger partial charge in [0, 0.05) is 75.4 Å². The van der Waals surface area contributed by atoms with E-state index in [-0.39, 0.29) is 17.8 Å². The van der Waals surface area contributed by atoms with Crippen molar-refractivity contribution in [2.75, 3.05) is 58.3 Å². The number of piperazine rings is 1. The predicted molar refractivity (Wildman–Crippen MR) is 135 cm³/mol. The number of aryl methyl sites for hydroxylation is 2. The average molecular weight is 465 g/mol. The van der Waals surface area contributed by atoms with Crippen LogP contribution in [-0.2, 0) is 11.2 Å². The molecule has 2 aromatic rings. The average Bonchev–Trinajstić information content (AvgIpc) is 3.44. The molecule has 1 unspecified atom stereocenters. The lowest BCUT2D eigenvalue weighted by Gasteiger charge is -2.36. The van der Waals surface area contributed by atoms with Gasteiger partial charge in [-0.05, 0) is 62.7 Å². The second kappa shape index (κ2) is 9.31. The second-order valence-electron chi connectivity index (χ2n) is 10.5. The van der Waals surface area contributed by atoms with Crippen LogP contribution < -0.4 is 4.90 Å². The zero-order valence-corrected chi connectivity index (χ0v) is 20.9. The molecule has 0 aromatic heterocycles. The van der Waals surface area contributed by atoms with Gasteiger partial charge in [-0.1, -0.05) is 24.3 Å². The Morgan fingerprint density at radius 3 is 2.50 bits per heavy atom. The lowest BCUT2D eigenvalue weighted by molar-refractivity contribution is -0.129. The smallest absolute Gasteiger partial charge is 0.219 e. The van der Waals surface area contributed by atoms with Crippen LogP contribution in [0.4, 0.5) is 10.1 Å². The zero-order chi connectivity index (χ0) is 24.0. The Labute approximate surface area is 203 Å². The van der Waals surface area contributed by atoms with Crippen molar-refractivity contribution in [3.63, 3.8) is 0 Å². The molecule has 2 fully saturated rings. The summed E-state index contributed by atoms with van der Waals surface area (Å²) in [6.07, 6.45) is 1.98. The van der Waals surface area contributed by atoms with E-state index in [4.69, 9.17) is 0 Å². The number of likely N-dealkylation sites (N-methyl/N-ethyl adjacent to an activating group) is 1. The number of rotatable bonds is 4. The van der Waals surface area contributed by atoms with Crippen molar-refractivity contribution in [2.24, 2.45) is 0 Å². The Bertz CT molecular complexity index is 1060. The number of carbonyl (C=O) groups excluding carboxylic acids is 1. The summed E-state index contributed by atoms with van der Waals surface area (Å²) in [7, 11) is 4.33. The van der Waals surface area contributed by atoms with Gasteiger partial charge in [-0.15, -0.1) is 0 Å². The van der Waals surface area contributed by atoms with E-state index in [1.807, 2.05) is 11.0 Å². The van der Waals surface area contributed by atoms with E-state index in [1.165, 1.54) is 22.4 Å². The molecule has 0 radical (unpaired) electrons. The second-order valence-corrected chi connectivity index (χ2v) is 10.5. The molecular weight excluding hydrogens is 427 g/mol. The number of carbonyl (C=O) groups is 1. The number of nitrogens with zero attached hydrogens (tertiary/aromatic N) is 4. The third-order valence-corrected chi connectivity index (χ3v) is 8.30. The zero-order valence-electron chi connectivity index (χ0n) is 20.9. The van der Waals surface area contributed by atoms with Crippen molar-refractivity contribution < 1.29 is 9.18 Å². The Morgan fingerprint density at radius 1 is 1.06 bits per heavy atom. The fourth-order valence-electron chi connectivity index (χ4n) is 6.42. The number of hydrogen-bond acceptors (Lipinski definition) is 4. The van der Waals surface area contributed by atoms with Gasteiger partial charge in [0.1, 0.15) is 5.82 Å². The fraction of sp³-hybridized carbons (Fsp3) is 0.536. The summed E-state index contributed by atoms with van der Waals surface area (Å²) in [4.78, 5) is 20.9. The van der Waals surface area contributed by atoms with E-state index in [0.717, 1.165) is 57.7 Å². The summed E-state index contributed by atoms with van der Waals surface area (Å²) in [6, 6.07) is 13.1. The highest BCUT2D eigenvalue weighted by atomic mass is 19.1. The molecule has 1 amide bonds. The van der Waals surface area contributed by atoms with Crippen molar-refractivity contribution >= 4 is 11.6 Å². The van der Waals surface area contributed by atoms with Crippen LogP contribution in [0.15, 0.2) is 36.4 Å². The summed E-state index contributed by atoms with van der Waals surface area (Å²) >= 11 is 0. The topological polar surface area (TPSA) is 30.0 Å². The highest BCUT2D eigenvalue weighted by Gasteiger charge is 2.41. The molecule has 1 aliphatic carbocycles. The van der Waals surface area contributed by atoms with Crippen molar-refractivity contribution in [3.05, 3.63) is 64.5 Å². The molecule has 2 saturated heterocycles. The largest absolute Gasteiger partial charge is 0.368 e. The third kappa shape index (κ3) is 4.22. The predicted octanol–water partition coefficient (Wildman–Crippen LogP) is 3.82. The minimum atomic E-state index is -0.0464. The number of amides is 1. The maximum atomic E-state index is 14.7. The molecule has 3 atom stereocenters. The Morgan fingerprint density at radius 2 is 1.82 bits per heavy atom. The van der Waals surface area contributed by atoms with Gasteiger partial charge in [-0.3, -0.25) is 9.69 Å². The highest BCUT2D eigenvalue weighted by molar-refractivity contribution is 5.73. The van der Waals surface area contributed by atoms with Crippen LogP contribution in [0.5, 0.6) is 0 Å². The van der Waals surface area contributed by atoms with Gasteiger partial charge in [-0.25, -0.2) is 4.39 Å². The first-order valence-electron chi connectivity index (χ1n) is 12.6. The summed E-state index contributed by atoms with van der Waals surface area (Å²) in [5.41, 5.74) is 6.05. The van der Waals surface area contributed by atoms with Crippen LogP contribution in [0.3, 0.4) is 0 Å². The van der Waals surface area contributed by atoms with Crippen molar-refractivity contribution in [1.29, 1.82) is 0 Å². The molecule has 0 bridgehead atoms. The van der Waals surface area contributed by atoms with Crippen LogP contribution in [0.2, 0.25) is 0 Å². The third-order valence-electron chi connectivity index (χ3n) is 8.30. The van der Waals surface area contributed by atoms with E-state index in [1.54, 1.807) is 13.0 Å². The van der Waals surface area contributed by atoms with Gasteiger partial charge in [0.15, 0.2) is 0 Å². The molecule has 5 rings (SSSR count). The van der Waals surface area contributed by atoms with Crippen molar-refractivity contribution in [2.45, 2.75) is 44.7 Å². The van der Waals surface area contributed by atoms with Gasteiger partial charge in [0.2, 0.25) is 5.91 Å². The van der Waals surface area contributed by atoms with Crippen molar-refractivity contribution in [3.8, 4) is 0 Å².